The molecule has 0 saturated carbocycles. The van der Waals surface area contributed by atoms with Gasteiger partial charge < -0.3 is 5.11 Å². The van der Waals surface area contributed by atoms with Gasteiger partial charge in [-0.3, -0.25) is 0 Å². The van der Waals surface area contributed by atoms with Crippen LogP contribution in [0.3, 0.4) is 0 Å². The molecule has 0 saturated heterocycles. The Labute approximate surface area is 92.0 Å². The zero-order valence-electron chi connectivity index (χ0n) is 7.48. The summed E-state index contributed by atoms with van der Waals surface area (Å²) in [4.78, 5) is 4.21. The predicted molar refractivity (Wildman–Crippen MR) is 61.1 cm³/mol. The first-order chi connectivity index (χ1) is 6.73. The number of thioether (sulfide) groups is 1. The first-order valence-corrected chi connectivity index (χ1v) is 5.82. The van der Waals surface area contributed by atoms with Gasteiger partial charge in [-0.05, 0) is 0 Å². The van der Waals surface area contributed by atoms with Gasteiger partial charge in [-0.15, -0.1) is 23.4 Å². The van der Waals surface area contributed by atoms with Crippen LogP contribution in [0.15, 0.2) is 35.3 Å². The SMILES string of the molecule is O[C@@]1(CCl)CSC(c2ccccc2)=N1. The van der Waals surface area contributed by atoms with Crippen LogP contribution in [0.5, 0.6) is 0 Å². The molecule has 14 heavy (non-hydrogen) atoms. The molecule has 1 aliphatic heterocycles. The molecule has 1 aliphatic rings. The summed E-state index contributed by atoms with van der Waals surface area (Å²) >= 11 is 7.17. The van der Waals surface area contributed by atoms with Crippen molar-refractivity contribution in [2.24, 2.45) is 4.99 Å². The maximum Gasteiger partial charge on any atom is 0.180 e. The highest BCUT2D eigenvalue weighted by Crippen LogP contribution is 2.29. The molecule has 0 bridgehead atoms. The molecule has 1 aromatic rings. The van der Waals surface area contributed by atoms with E-state index in [9.17, 15) is 5.11 Å². The highest BCUT2D eigenvalue weighted by molar-refractivity contribution is 8.14. The van der Waals surface area contributed by atoms with E-state index in [1.165, 1.54) is 0 Å². The maximum absolute atomic E-state index is 9.79. The summed E-state index contributed by atoms with van der Waals surface area (Å²) < 4.78 is 0. The Morgan fingerprint density at radius 1 is 1.43 bits per heavy atom. The number of hydrogen-bond donors (Lipinski definition) is 1. The number of halogens is 1. The summed E-state index contributed by atoms with van der Waals surface area (Å²) in [5.41, 5.74) is -0.0317. The monoisotopic (exact) mass is 227 g/mol. The van der Waals surface area contributed by atoms with Crippen molar-refractivity contribution in [1.29, 1.82) is 0 Å². The van der Waals surface area contributed by atoms with Crippen molar-refractivity contribution in [1.82, 2.24) is 0 Å². The van der Waals surface area contributed by atoms with E-state index in [2.05, 4.69) is 4.99 Å². The summed E-state index contributed by atoms with van der Waals surface area (Å²) in [6.45, 7) is 0. The minimum Gasteiger partial charge on any atom is -0.367 e. The third kappa shape index (κ3) is 1.95. The van der Waals surface area contributed by atoms with Crippen molar-refractivity contribution in [2.75, 3.05) is 11.6 Å². The Morgan fingerprint density at radius 2 is 2.14 bits per heavy atom. The third-order valence-corrected chi connectivity index (χ3v) is 3.62. The second-order valence-electron chi connectivity index (χ2n) is 3.19. The normalized spacial score (nSPS) is 26.3. The molecule has 0 aliphatic carbocycles. The number of hydrogen-bond acceptors (Lipinski definition) is 3. The van der Waals surface area contributed by atoms with Gasteiger partial charge in [0.15, 0.2) is 5.72 Å². The largest absolute Gasteiger partial charge is 0.367 e. The van der Waals surface area contributed by atoms with Crippen LogP contribution in [0.25, 0.3) is 0 Å². The lowest BCUT2D eigenvalue weighted by atomic mass is 10.2. The van der Waals surface area contributed by atoms with Gasteiger partial charge in [-0.1, -0.05) is 30.3 Å². The van der Waals surface area contributed by atoms with Gasteiger partial charge in [-0.25, -0.2) is 4.99 Å². The number of alkyl halides is 1. The van der Waals surface area contributed by atoms with Gasteiger partial charge >= 0.3 is 0 Å². The highest BCUT2D eigenvalue weighted by atomic mass is 35.5. The zero-order chi connectivity index (χ0) is 10.0. The van der Waals surface area contributed by atoms with E-state index >= 15 is 0 Å². The summed E-state index contributed by atoms with van der Waals surface area (Å²) in [7, 11) is 0. The molecule has 1 aromatic carbocycles. The Kier molecular flexibility index (Phi) is 2.81. The Hall–Kier alpha value is -0.510. The van der Waals surface area contributed by atoms with Crippen molar-refractivity contribution < 1.29 is 5.11 Å². The summed E-state index contributed by atoms with van der Waals surface area (Å²) in [5.74, 6) is 0.692. The van der Waals surface area contributed by atoms with Crippen LogP contribution in [-0.2, 0) is 0 Å². The second-order valence-corrected chi connectivity index (χ2v) is 4.42. The molecule has 0 fully saturated rings. The Balaban J connectivity index is 2.27. The molecule has 74 valence electrons. The molecular formula is C10H10ClNOS. The van der Waals surface area contributed by atoms with Crippen molar-refractivity contribution in [2.45, 2.75) is 5.72 Å². The van der Waals surface area contributed by atoms with Crippen LogP contribution < -0.4 is 0 Å². The molecule has 0 spiro atoms. The average molecular weight is 228 g/mol. The topological polar surface area (TPSA) is 32.6 Å². The van der Waals surface area contributed by atoms with Gasteiger partial charge in [0.05, 0.1) is 11.6 Å². The molecule has 0 radical (unpaired) electrons. The molecule has 4 heteroatoms. The van der Waals surface area contributed by atoms with E-state index in [0.717, 1.165) is 10.6 Å². The third-order valence-electron chi connectivity index (χ3n) is 1.98. The van der Waals surface area contributed by atoms with Gasteiger partial charge in [0.25, 0.3) is 0 Å². The van der Waals surface area contributed by atoms with E-state index in [-0.39, 0.29) is 5.88 Å². The van der Waals surface area contributed by atoms with Gasteiger partial charge in [0.1, 0.15) is 5.04 Å². The zero-order valence-corrected chi connectivity index (χ0v) is 9.05. The molecular weight excluding hydrogens is 218 g/mol. The molecule has 1 atom stereocenters. The van der Waals surface area contributed by atoms with Crippen molar-refractivity contribution in [3.8, 4) is 0 Å². The van der Waals surface area contributed by atoms with E-state index in [1.807, 2.05) is 30.3 Å². The second kappa shape index (κ2) is 3.93. The van der Waals surface area contributed by atoms with Gasteiger partial charge in [0.2, 0.25) is 0 Å². The quantitative estimate of drug-likeness (QED) is 0.785. The Bertz CT molecular complexity index is 354. The number of nitrogens with zero attached hydrogens (tertiary/aromatic N) is 1. The summed E-state index contributed by atoms with van der Waals surface area (Å²) in [6, 6.07) is 9.82. The summed E-state index contributed by atoms with van der Waals surface area (Å²) in [5, 5.41) is 10.7. The minimum atomic E-state index is -1.07. The van der Waals surface area contributed by atoms with Crippen LogP contribution in [0.1, 0.15) is 5.56 Å². The molecule has 1 N–H and O–H groups in total. The molecule has 0 aromatic heterocycles. The van der Waals surface area contributed by atoms with E-state index in [4.69, 9.17) is 11.6 Å². The molecule has 2 rings (SSSR count). The predicted octanol–water partition coefficient (Wildman–Crippen LogP) is 2.11. The van der Waals surface area contributed by atoms with Crippen LogP contribution in [-0.4, -0.2) is 27.5 Å². The maximum atomic E-state index is 9.79. The highest BCUT2D eigenvalue weighted by Gasteiger charge is 2.32. The first kappa shape index (κ1) is 10.0. The molecule has 0 unspecified atom stereocenters. The Morgan fingerprint density at radius 3 is 2.71 bits per heavy atom. The van der Waals surface area contributed by atoms with Crippen LogP contribution in [0.2, 0.25) is 0 Å². The average Bonchev–Trinajstić information content (AvgIpc) is 2.63. The number of aliphatic hydroxyl groups is 1. The first-order valence-electron chi connectivity index (χ1n) is 4.30. The van der Waals surface area contributed by atoms with E-state index in [1.54, 1.807) is 11.8 Å². The number of aliphatic imine (C=N–C) groups is 1. The van der Waals surface area contributed by atoms with E-state index in [0.29, 0.717) is 5.75 Å². The smallest absolute Gasteiger partial charge is 0.180 e. The fourth-order valence-corrected chi connectivity index (χ4v) is 2.57. The molecule has 1 heterocycles. The lowest BCUT2D eigenvalue weighted by Crippen LogP contribution is -2.28. The standard InChI is InChI=1S/C10H10ClNOS/c11-6-10(13)7-14-9(12-10)8-4-2-1-3-5-8/h1-5,13H,6-7H2/t10-/m0/s1. The summed E-state index contributed by atoms with van der Waals surface area (Å²) in [6.07, 6.45) is 0. The van der Waals surface area contributed by atoms with Gasteiger partial charge in [-0.2, -0.15) is 0 Å². The van der Waals surface area contributed by atoms with E-state index < -0.39 is 5.72 Å². The van der Waals surface area contributed by atoms with Gasteiger partial charge in [0, 0.05) is 5.56 Å². The fourth-order valence-electron chi connectivity index (χ4n) is 1.23. The molecule has 2 nitrogen and oxygen atoms in total. The minimum absolute atomic E-state index is 0.149. The van der Waals surface area contributed by atoms with Crippen LogP contribution >= 0.6 is 23.4 Å². The van der Waals surface area contributed by atoms with Crippen LogP contribution in [0.4, 0.5) is 0 Å². The van der Waals surface area contributed by atoms with Crippen molar-refractivity contribution >= 4 is 28.4 Å². The van der Waals surface area contributed by atoms with Crippen molar-refractivity contribution in [3.63, 3.8) is 0 Å². The molecule has 0 amide bonds. The lowest BCUT2D eigenvalue weighted by Gasteiger charge is -2.12. The lowest BCUT2D eigenvalue weighted by molar-refractivity contribution is 0.103. The number of benzene rings is 1. The fraction of sp³-hybridized carbons (Fsp3) is 0.300. The van der Waals surface area contributed by atoms with Crippen LogP contribution in [0, 0.1) is 0 Å². The number of rotatable bonds is 2. The van der Waals surface area contributed by atoms with Crippen molar-refractivity contribution in [3.05, 3.63) is 35.9 Å².